The van der Waals surface area contributed by atoms with E-state index < -0.39 is 28.4 Å². The summed E-state index contributed by atoms with van der Waals surface area (Å²) in [6.45, 7) is 0.780. The molecule has 1 amide bonds. The monoisotopic (exact) mass is 293 g/mol. The van der Waals surface area contributed by atoms with Gasteiger partial charge in [-0.25, -0.2) is 4.39 Å². The minimum Gasteiger partial charge on any atom is -0.317 e. The zero-order valence-electron chi connectivity index (χ0n) is 11.3. The maximum Gasteiger partial charge on any atom is 0.295 e. The number of carbonyl (C=O) groups is 1. The van der Waals surface area contributed by atoms with Crippen molar-refractivity contribution >= 4 is 17.3 Å². The lowest BCUT2D eigenvalue weighted by Gasteiger charge is -2.17. The van der Waals surface area contributed by atoms with E-state index in [9.17, 15) is 19.3 Å². The molecule has 1 aliphatic heterocycles. The molecule has 3 atom stereocenters. The van der Waals surface area contributed by atoms with Gasteiger partial charge in [0.2, 0.25) is 5.91 Å². The number of rotatable bonds is 3. The Labute approximate surface area is 120 Å². The van der Waals surface area contributed by atoms with Crippen molar-refractivity contribution in [1.29, 1.82) is 0 Å². The number of nitrogens with zero attached hydrogens (tertiary/aromatic N) is 1. The van der Waals surface area contributed by atoms with Gasteiger partial charge < -0.3 is 10.6 Å². The molecule has 2 N–H and O–H groups in total. The van der Waals surface area contributed by atoms with E-state index in [1.54, 1.807) is 0 Å². The van der Waals surface area contributed by atoms with E-state index in [-0.39, 0.29) is 11.6 Å². The average Bonchev–Trinajstić information content (AvgIpc) is 3.02. The highest BCUT2D eigenvalue weighted by atomic mass is 19.1. The van der Waals surface area contributed by atoms with Gasteiger partial charge >= 0.3 is 0 Å². The number of amides is 1. The summed E-state index contributed by atoms with van der Waals surface area (Å²) in [5, 5.41) is 16.5. The van der Waals surface area contributed by atoms with Crippen LogP contribution >= 0.6 is 0 Å². The summed E-state index contributed by atoms with van der Waals surface area (Å²) in [7, 11) is 0. The van der Waals surface area contributed by atoms with Gasteiger partial charge in [0.25, 0.3) is 5.69 Å². The van der Waals surface area contributed by atoms with Crippen LogP contribution in [-0.4, -0.2) is 23.4 Å². The number of hydrogen-bond acceptors (Lipinski definition) is 4. The highest BCUT2D eigenvalue weighted by Gasteiger charge is 2.42. The fourth-order valence-corrected chi connectivity index (χ4v) is 3.46. The molecule has 3 rings (SSSR count). The number of benzene rings is 1. The first-order valence-corrected chi connectivity index (χ1v) is 7.05. The van der Waals surface area contributed by atoms with E-state index in [4.69, 9.17) is 0 Å². The first-order valence-electron chi connectivity index (χ1n) is 7.05. The van der Waals surface area contributed by atoms with Gasteiger partial charge in [-0.3, -0.25) is 14.9 Å². The van der Waals surface area contributed by atoms with Crippen molar-refractivity contribution < 1.29 is 14.1 Å². The molecule has 1 heterocycles. The van der Waals surface area contributed by atoms with E-state index in [1.165, 1.54) is 12.1 Å². The molecule has 1 saturated carbocycles. The third-order valence-electron chi connectivity index (χ3n) is 4.46. The Balaban J connectivity index is 1.81. The molecule has 0 spiro atoms. The van der Waals surface area contributed by atoms with Crippen molar-refractivity contribution in [2.45, 2.75) is 25.3 Å². The van der Waals surface area contributed by atoms with Crippen molar-refractivity contribution in [2.75, 3.05) is 11.9 Å². The highest BCUT2D eigenvalue weighted by Crippen LogP contribution is 2.38. The molecule has 1 aliphatic carbocycles. The van der Waals surface area contributed by atoms with Crippen LogP contribution in [0.5, 0.6) is 0 Å². The predicted octanol–water partition coefficient (Wildman–Crippen LogP) is 2.06. The normalized spacial score (nSPS) is 27.4. The van der Waals surface area contributed by atoms with E-state index in [0.717, 1.165) is 31.9 Å². The van der Waals surface area contributed by atoms with Crippen LogP contribution in [-0.2, 0) is 4.79 Å². The molecule has 3 unspecified atom stereocenters. The Morgan fingerprint density at radius 1 is 1.43 bits per heavy atom. The van der Waals surface area contributed by atoms with E-state index in [1.807, 2.05) is 0 Å². The molecule has 1 aromatic rings. The molecule has 1 aromatic carbocycles. The first kappa shape index (κ1) is 13.9. The summed E-state index contributed by atoms with van der Waals surface area (Å²) >= 11 is 0. The van der Waals surface area contributed by atoms with Crippen LogP contribution in [0.4, 0.5) is 15.8 Å². The van der Waals surface area contributed by atoms with Crippen molar-refractivity contribution in [3.8, 4) is 0 Å². The first-order chi connectivity index (χ1) is 10.1. The molecule has 1 saturated heterocycles. The second-order valence-electron chi connectivity index (χ2n) is 5.62. The molecule has 0 aromatic heterocycles. The molecule has 7 heteroatoms. The third kappa shape index (κ3) is 2.49. The Hall–Kier alpha value is -2.02. The third-order valence-corrected chi connectivity index (χ3v) is 4.46. The topological polar surface area (TPSA) is 84.3 Å². The van der Waals surface area contributed by atoms with Crippen molar-refractivity contribution in [1.82, 2.24) is 5.32 Å². The summed E-state index contributed by atoms with van der Waals surface area (Å²) in [6.07, 6.45) is 3.16. The summed E-state index contributed by atoms with van der Waals surface area (Å²) in [6, 6.07) is 3.14. The lowest BCUT2D eigenvalue weighted by molar-refractivity contribution is -0.384. The quantitative estimate of drug-likeness (QED) is 0.660. The number of carbonyl (C=O) groups excluding carboxylic acids is 1. The minimum atomic E-state index is -0.793. The number of nitrogens with one attached hydrogen (secondary N) is 2. The van der Waals surface area contributed by atoms with Gasteiger partial charge in [0.05, 0.1) is 11.0 Å². The highest BCUT2D eigenvalue weighted by molar-refractivity contribution is 5.97. The lowest BCUT2D eigenvalue weighted by atomic mass is 9.93. The zero-order valence-corrected chi connectivity index (χ0v) is 11.3. The fraction of sp³-hybridized carbons (Fsp3) is 0.500. The Morgan fingerprint density at radius 3 is 3.00 bits per heavy atom. The van der Waals surface area contributed by atoms with Gasteiger partial charge in [-0.2, -0.15) is 0 Å². The van der Waals surface area contributed by atoms with Gasteiger partial charge in [-0.1, -0.05) is 12.5 Å². The molecular formula is C14H16FN3O3. The molecule has 2 fully saturated rings. The maximum absolute atomic E-state index is 13.8. The number of para-hydroxylation sites is 1. The maximum atomic E-state index is 13.8. The van der Waals surface area contributed by atoms with E-state index in [0.29, 0.717) is 5.92 Å². The number of halogens is 1. The largest absolute Gasteiger partial charge is 0.317 e. The van der Waals surface area contributed by atoms with Crippen LogP contribution in [0.25, 0.3) is 0 Å². The second kappa shape index (κ2) is 5.40. The van der Waals surface area contributed by atoms with Crippen molar-refractivity contribution in [3.05, 3.63) is 34.1 Å². The number of nitro groups is 1. The minimum absolute atomic E-state index is 0.246. The fourth-order valence-electron chi connectivity index (χ4n) is 3.46. The van der Waals surface area contributed by atoms with Crippen LogP contribution in [0, 0.1) is 27.8 Å². The molecule has 6 nitrogen and oxygen atoms in total. The number of nitro benzene ring substituents is 1. The van der Waals surface area contributed by atoms with E-state index in [2.05, 4.69) is 10.6 Å². The van der Waals surface area contributed by atoms with Gasteiger partial charge in [0.1, 0.15) is 0 Å². The number of hydrogen-bond donors (Lipinski definition) is 2. The molecule has 112 valence electrons. The predicted molar refractivity (Wildman–Crippen MR) is 74.3 cm³/mol. The standard InChI is InChI=1S/C14H16FN3O3/c15-10-5-2-6-11(18(20)21)13(10)17-14(19)12-9-4-1-3-8(9)7-16-12/h2,5-6,8-9,12,16H,1,3-4,7H2,(H,17,19). The van der Waals surface area contributed by atoms with Crippen LogP contribution in [0.1, 0.15) is 19.3 Å². The van der Waals surface area contributed by atoms with Crippen LogP contribution < -0.4 is 10.6 Å². The molecule has 21 heavy (non-hydrogen) atoms. The Bertz CT molecular complexity index is 593. The van der Waals surface area contributed by atoms with Crippen molar-refractivity contribution in [2.24, 2.45) is 11.8 Å². The summed E-state index contributed by atoms with van der Waals surface area (Å²) in [4.78, 5) is 22.6. The molecular weight excluding hydrogens is 277 g/mol. The Morgan fingerprint density at radius 2 is 2.24 bits per heavy atom. The molecule has 0 radical (unpaired) electrons. The van der Waals surface area contributed by atoms with Crippen LogP contribution in [0.15, 0.2) is 18.2 Å². The SMILES string of the molecule is O=C(Nc1c(F)cccc1[N+](=O)[O-])C1NCC2CCCC21. The zero-order chi connectivity index (χ0) is 15.0. The van der Waals surface area contributed by atoms with Gasteiger partial charge in [-0.15, -0.1) is 0 Å². The van der Waals surface area contributed by atoms with Gasteiger partial charge in [0, 0.05) is 6.07 Å². The number of fused-ring (bicyclic) bond motifs is 1. The van der Waals surface area contributed by atoms with E-state index >= 15 is 0 Å². The summed E-state index contributed by atoms with van der Waals surface area (Å²) < 4.78 is 13.8. The lowest BCUT2D eigenvalue weighted by Crippen LogP contribution is -2.40. The van der Waals surface area contributed by atoms with Crippen molar-refractivity contribution in [3.63, 3.8) is 0 Å². The smallest absolute Gasteiger partial charge is 0.295 e. The summed E-state index contributed by atoms with van der Waals surface area (Å²) in [5.74, 6) is -0.455. The summed E-state index contributed by atoms with van der Waals surface area (Å²) in [5.41, 5.74) is -0.778. The molecule has 2 aliphatic rings. The van der Waals surface area contributed by atoms with Gasteiger partial charge in [0.15, 0.2) is 11.5 Å². The van der Waals surface area contributed by atoms with Crippen LogP contribution in [0.2, 0.25) is 0 Å². The Kier molecular flexibility index (Phi) is 3.59. The average molecular weight is 293 g/mol. The van der Waals surface area contributed by atoms with Crippen LogP contribution in [0.3, 0.4) is 0 Å². The van der Waals surface area contributed by atoms with Gasteiger partial charge in [-0.05, 0) is 37.3 Å². The second-order valence-corrected chi connectivity index (χ2v) is 5.62. The molecule has 0 bridgehead atoms. The number of anilines is 1.